The normalized spacial score (nSPS) is 14.1. The Kier molecular flexibility index (Phi) is 15.8. The Labute approximate surface area is 211 Å². The molecule has 0 unspecified atom stereocenters. The van der Waals surface area contributed by atoms with Gasteiger partial charge < -0.3 is 20.4 Å². The fourth-order valence-electron chi connectivity index (χ4n) is 3.92. The van der Waals surface area contributed by atoms with Crippen molar-refractivity contribution in [2.75, 3.05) is 0 Å². The van der Waals surface area contributed by atoms with Crippen LogP contribution in [0.3, 0.4) is 0 Å². The van der Waals surface area contributed by atoms with Gasteiger partial charge in [0.15, 0.2) is 0 Å². The topological polar surface area (TPSA) is 167 Å². The molecule has 1 heterocycles. The number of carbonyl (C=O) groups is 6. The van der Waals surface area contributed by atoms with Gasteiger partial charge in [-0.2, -0.15) is 0 Å². The van der Waals surface area contributed by atoms with Crippen LogP contribution in [0.25, 0.3) is 0 Å². The molecule has 0 bridgehead atoms. The zero-order valence-electron chi connectivity index (χ0n) is 21.0. The van der Waals surface area contributed by atoms with Crippen molar-refractivity contribution in [3.05, 3.63) is 0 Å². The molecule has 1 fully saturated rings. The Morgan fingerprint density at radius 1 is 0.722 bits per heavy atom. The van der Waals surface area contributed by atoms with Crippen molar-refractivity contribution in [3.8, 4) is 0 Å². The first-order chi connectivity index (χ1) is 17.2. The minimum absolute atomic E-state index is 0.0974. The van der Waals surface area contributed by atoms with Crippen LogP contribution in [0.15, 0.2) is 0 Å². The molecule has 0 aromatic rings. The highest BCUT2D eigenvalue weighted by Crippen LogP contribution is 2.15. The van der Waals surface area contributed by atoms with Gasteiger partial charge in [-0.1, -0.05) is 64.2 Å². The summed E-state index contributed by atoms with van der Waals surface area (Å²) < 4.78 is 0. The Bertz CT molecular complexity index is 738. The number of hydroxylamine groups is 2. The zero-order chi connectivity index (χ0) is 26.8. The second-order valence-electron chi connectivity index (χ2n) is 9.18. The summed E-state index contributed by atoms with van der Waals surface area (Å²) in [6, 6.07) is -1.16. The summed E-state index contributed by atoms with van der Waals surface area (Å²) in [6.45, 7) is 0. The Morgan fingerprint density at radius 3 is 1.61 bits per heavy atom. The summed E-state index contributed by atoms with van der Waals surface area (Å²) in [5.41, 5.74) is 0. The standard InChI is InChI=1S/C25H40N2O9/c28-20(26-19(25(34)35)15-18-23(31)32)13-11-9-7-5-3-1-2-4-6-8-10-12-14-24(33)36-27-21(29)16-17-22(27)30/h19H,1-18H2,(H,26,28)(H,31,32)(H,34,35)/t19-/m0/s1. The van der Waals surface area contributed by atoms with Gasteiger partial charge in [0.1, 0.15) is 6.04 Å². The molecule has 0 radical (unpaired) electrons. The number of rotatable bonds is 21. The van der Waals surface area contributed by atoms with Crippen LogP contribution in [0.2, 0.25) is 0 Å². The Balaban J connectivity index is 1.89. The van der Waals surface area contributed by atoms with Crippen LogP contribution in [0.5, 0.6) is 0 Å². The van der Waals surface area contributed by atoms with E-state index >= 15 is 0 Å². The summed E-state index contributed by atoms with van der Waals surface area (Å²) in [5, 5.41) is 20.7. The minimum Gasteiger partial charge on any atom is -0.481 e. The highest BCUT2D eigenvalue weighted by Gasteiger charge is 2.32. The van der Waals surface area contributed by atoms with E-state index < -0.39 is 35.8 Å². The molecule has 1 rings (SSSR count). The summed E-state index contributed by atoms with van der Waals surface area (Å²) in [6.07, 6.45) is 12.1. The van der Waals surface area contributed by atoms with E-state index in [2.05, 4.69) is 5.32 Å². The molecule has 1 atom stereocenters. The molecule has 0 aromatic carbocycles. The van der Waals surface area contributed by atoms with Crippen molar-refractivity contribution in [1.82, 2.24) is 10.4 Å². The number of carboxylic acid groups (broad SMARTS) is 2. The number of carboxylic acids is 2. The van der Waals surface area contributed by atoms with Gasteiger partial charge >= 0.3 is 17.9 Å². The van der Waals surface area contributed by atoms with E-state index in [-0.39, 0.29) is 44.4 Å². The van der Waals surface area contributed by atoms with Crippen molar-refractivity contribution in [2.24, 2.45) is 0 Å². The van der Waals surface area contributed by atoms with Crippen LogP contribution in [0, 0.1) is 0 Å². The largest absolute Gasteiger partial charge is 0.481 e. The zero-order valence-corrected chi connectivity index (χ0v) is 21.0. The molecule has 0 aromatic heterocycles. The lowest BCUT2D eigenvalue weighted by Gasteiger charge is -2.13. The lowest BCUT2D eigenvalue weighted by Crippen LogP contribution is -2.41. The van der Waals surface area contributed by atoms with E-state index in [9.17, 15) is 28.8 Å². The molecular weight excluding hydrogens is 472 g/mol. The first-order valence-corrected chi connectivity index (χ1v) is 13.0. The summed E-state index contributed by atoms with van der Waals surface area (Å²) in [7, 11) is 0. The van der Waals surface area contributed by atoms with Crippen molar-refractivity contribution < 1.29 is 43.8 Å². The van der Waals surface area contributed by atoms with Gasteiger partial charge in [0.2, 0.25) is 5.91 Å². The van der Waals surface area contributed by atoms with Crippen molar-refractivity contribution >= 4 is 35.6 Å². The van der Waals surface area contributed by atoms with Crippen molar-refractivity contribution in [1.29, 1.82) is 0 Å². The van der Waals surface area contributed by atoms with Gasteiger partial charge in [-0.05, 0) is 19.3 Å². The van der Waals surface area contributed by atoms with Gasteiger partial charge in [0.25, 0.3) is 11.8 Å². The van der Waals surface area contributed by atoms with Gasteiger partial charge in [-0.25, -0.2) is 9.59 Å². The second kappa shape index (κ2) is 18.3. The van der Waals surface area contributed by atoms with Crippen LogP contribution in [0.1, 0.15) is 116 Å². The third-order valence-corrected chi connectivity index (χ3v) is 6.01. The quantitative estimate of drug-likeness (QED) is 0.154. The van der Waals surface area contributed by atoms with E-state index in [1.165, 1.54) is 0 Å². The fourth-order valence-corrected chi connectivity index (χ4v) is 3.92. The van der Waals surface area contributed by atoms with Crippen LogP contribution >= 0.6 is 0 Å². The molecule has 11 nitrogen and oxygen atoms in total. The molecule has 3 amide bonds. The van der Waals surface area contributed by atoms with E-state index in [0.717, 1.165) is 64.2 Å². The number of hydrogen-bond acceptors (Lipinski definition) is 7. The Morgan fingerprint density at radius 2 is 1.17 bits per heavy atom. The molecule has 3 N–H and O–H groups in total. The number of nitrogens with one attached hydrogen (secondary N) is 1. The maximum absolute atomic E-state index is 11.9. The molecule has 11 heteroatoms. The number of imide groups is 1. The SMILES string of the molecule is O=C(O)CC[C@H](NC(=O)CCCCCCCCCCCCCCC(=O)ON1C(=O)CCC1=O)C(=O)O. The molecule has 36 heavy (non-hydrogen) atoms. The van der Waals surface area contributed by atoms with Gasteiger partial charge in [-0.3, -0.25) is 19.2 Å². The highest BCUT2D eigenvalue weighted by molar-refractivity contribution is 6.01. The smallest absolute Gasteiger partial charge is 0.333 e. The average Bonchev–Trinajstić information content (AvgIpc) is 3.13. The molecule has 1 aliphatic heterocycles. The van der Waals surface area contributed by atoms with E-state index in [1.807, 2.05) is 0 Å². The predicted molar refractivity (Wildman–Crippen MR) is 128 cm³/mol. The molecule has 1 saturated heterocycles. The summed E-state index contributed by atoms with van der Waals surface area (Å²) >= 11 is 0. The third-order valence-electron chi connectivity index (χ3n) is 6.01. The van der Waals surface area contributed by atoms with Crippen LogP contribution < -0.4 is 5.32 Å². The van der Waals surface area contributed by atoms with Crippen LogP contribution in [-0.4, -0.2) is 56.9 Å². The summed E-state index contributed by atoms with van der Waals surface area (Å²) in [4.78, 5) is 72.9. The van der Waals surface area contributed by atoms with Gasteiger partial charge in [0, 0.05) is 32.1 Å². The number of unbranched alkanes of at least 4 members (excludes halogenated alkanes) is 11. The number of carbonyl (C=O) groups excluding carboxylic acids is 4. The fraction of sp³-hybridized carbons (Fsp3) is 0.760. The predicted octanol–water partition coefficient (Wildman–Crippen LogP) is 3.49. The molecule has 204 valence electrons. The lowest BCUT2D eigenvalue weighted by atomic mass is 10.0. The van der Waals surface area contributed by atoms with E-state index in [4.69, 9.17) is 15.1 Å². The second-order valence-corrected chi connectivity index (χ2v) is 9.18. The lowest BCUT2D eigenvalue weighted by molar-refractivity contribution is -0.197. The summed E-state index contributed by atoms with van der Waals surface area (Å²) in [5.74, 6) is -4.14. The number of hydrogen-bond donors (Lipinski definition) is 3. The van der Waals surface area contributed by atoms with E-state index in [1.54, 1.807) is 0 Å². The average molecular weight is 513 g/mol. The maximum Gasteiger partial charge on any atom is 0.333 e. The van der Waals surface area contributed by atoms with Gasteiger partial charge in [-0.15, -0.1) is 5.06 Å². The molecule has 0 aliphatic carbocycles. The highest BCUT2D eigenvalue weighted by atomic mass is 16.7. The monoisotopic (exact) mass is 512 g/mol. The maximum atomic E-state index is 11.9. The molecule has 0 spiro atoms. The Hall–Kier alpha value is -2.98. The minimum atomic E-state index is -1.22. The first-order valence-electron chi connectivity index (χ1n) is 13.0. The van der Waals surface area contributed by atoms with E-state index in [0.29, 0.717) is 17.9 Å². The number of aliphatic carboxylic acids is 2. The van der Waals surface area contributed by atoms with Crippen molar-refractivity contribution in [3.63, 3.8) is 0 Å². The van der Waals surface area contributed by atoms with Crippen LogP contribution in [0.4, 0.5) is 0 Å². The van der Waals surface area contributed by atoms with Gasteiger partial charge in [0.05, 0.1) is 0 Å². The third kappa shape index (κ3) is 14.4. The molecular formula is C25H40N2O9. The first kappa shape index (κ1) is 31.1. The van der Waals surface area contributed by atoms with Crippen LogP contribution in [-0.2, 0) is 33.6 Å². The molecule has 0 saturated carbocycles. The number of amides is 3. The number of nitrogens with zero attached hydrogens (tertiary/aromatic N) is 1. The van der Waals surface area contributed by atoms with Crippen molar-refractivity contribution in [2.45, 2.75) is 122 Å². The molecule has 1 aliphatic rings.